The molecule has 0 spiro atoms. The first-order valence-electron chi connectivity index (χ1n) is 4.54. The van der Waals surface area contributed by atoms with Gasteiger partial charge >= 0.3 is 0 Å². The molecule has 1 unspecified atom stereocenters. The number of hydrogen-bond acceptors (Lipinski definition) is 3. The standard InChI is InChI=1S/C10H14N2O2.ClH/c1-8(7-11-2)9-3-5-10(6-4-9)12(13)14;/h3-6,8,11H,7H2,1-2H3;1H. The van der Waals surface area contributed by atoms with Crippen LogP contribution >= 0.6 is 12.4 Å². The van der Waals surface area contributed by atoms with E-state index in [-0.39, 0.29) is 23.0 Å². The third-order valence-corrected chi connectivity index (χ3v) is 2.18. The third-order valence-electron chi connectivity index (χ3n) is 2.18. The zero-order chi connectivity index (χ0) is 10.6. The normalized spacial score (nSPS) is 11.6. The smallest absolute Gasteiger partial charge is 0.269 e. The molecule has 0 heterocycles. The maximum Gasteiger partial charge on any atom is 0.269 e. The summed E-state index contributed by atoms with van der Waals surface area (Å²) in [6, 6.07) is 6.70. The lowest BCUT2D eigenvalue weighted by Gasteiger charge is -2.10. The summed E-state index contributed by atoms with van der Waals surface area (Å²) in [6.07, 6.45) is 0. The van der Waals surface area contributed by atoms with Crippen molar-refractivity contribution in [1.82, 2.24) is 5.32 Å². The minimum atomic E-state index is -0.382. The van der Waals surface area contributed by atoms with Crippen LogP contribution in [0.3, 0.4) is 0 Å². The Hall–Kier alpha value is -1.13. The van der Waals surface area contributed by atoms with E-state index in [1.165, 1.54) is 0 Å². The number of non-ortho nitro benzene ring substituents is 1. The van der Waals surface area contributed by atoms with Gasteiger partial charge in [-0.3, -0.25) is 10.1 Å². The molecule has 0 amide bonds. The van der Waals surface area contributed by atoms with Crippen molar-refractivity contribution in [3.05, 3.63) is 39.9 Å². The number of nitrogens with one attached hydrogen (secondary N) is 1. The Labute approximate surface area is 95.2 Å². The molecule has 0 aromatic heterocycles. The van der Waals surface area contributed by atoms with E-state index in [0.717, 1.165) is 12.1 Å². The second-order valence-electron chi connectivity index (χ2n) is 3.31. The Bertz CT molecular complexity index is 314. The van der Waals surface area contributed by atoms with E-state index in [1.54, 1.807) is 24.3 Å². The van der Waals surface area contributed by atoms with Crippen LogP contribution in [0.5, 0.6) is 0 Å². The fourth-order valence-electron chi connectivity index (χ4n) is 1.35. The maximum absolute atomic E-state index is 10.4. The molecule has 1 aromatic carbocycles. The number of likely N-dealkylation sites (N-methyl/N-ethyl adjacent to an activating group) is 1. The van der Waals surface area contributed by atoms with Crippen LogP contribution in [-0.4, -0.2) is 18.5 Å². The van der Waals surface area contributed by atoms with Gasteiger partial charge in [0.2, 0.25) is 0 Å². The summed E-state index contributed by atoms with van der Waals surface area (Å²) < 4.78 is 0. The van der Waals surface area contributed by atoms with E-state index in [0.29, 0.717) is 5.92 Å². The summed E-state index contributed by atoms with van der Waals surface area (Å²) in [7, 11) is 1.89. The van der Waals surface area contributed by atoms with Crippen molar-refractivity contribution < 1.29 is 4.92 Å². The summed E-state index contributed by atoms with van der Waals surface area (Å²) in [5.41, 5.74) is 1.26. The van der Waals surface area contributed by atoms with E-state index in [4.69, 9.17) is 0 Å². The predicted octanol–water partition coefficient (Wildman–Crippen LogP) is 2.34. The van der Waals surface area contributed by atoms with Gasteiger partial charge in [-0.15, -0.1) is 12.4 Å². The molecule has 0 aliphatic carbocycles. The van der Waals surface area contributed by atoms with Crippen LogP contribution in [0.4, 0.5) is 5.69 Å². The van der Waals surface area contributed by atoms with E-state index < -0.39 is 0 Å². The molecule has 0 aliphatic rings. The molecule has 1 aromatic rings. The van der Waals surface area contributed by atoms with Crippen molar-refractivity contribution in [3.63, 3.8) is 0 Å². The quantitative estimate of drug-likeness (QED) is 0.638. The Kier molecular flexibility index (Phi) is 5.89. The first-order valence-corrected chi connectivity index (χ1v) is 4.54. The number of nitro groups is 1. The molecule has 0 radical (unpaired) electrons. The topological polar surface area (TPSA) is 55.2 Å². The van der Waals surface area contributed by atoms with Crippen molar-refractivity contribution in [3.8, 4) is 0 Å². The Balaban J connectivity index is 0.00000196. The van der Waals surface area contributed by atoms with Crippen LogP contribution in [0.15, 0.2) is 24.3 Å². The summed E-state index contributed by atoms with van der Waals surface area (Å²) in [6.45, 7) is 2.95. The van der Waals surface area contributed by atoms with Crippen molar-refractivity contribution in [2.75, 3.05) is 13.6 Å². The van der Waals surface area contributed by atoms with Gasteiger partial charge in [0.05, 0.1) is 4.92 Å². The Morgan fingerprint density at radius 1 is 1.40 bits per heavy atom. The van der Waals surface area contributed by atoms with Gasteiger partial charge in [-0.2, -0.15) is 0 Å². The lowest BCUT2D eigenvalue weighted by Crippen LogP contribution is -2.14. The number of rotatable bonds is 4. The highest BCUT2D eigenvalue weighted by Gasteiger charge is 2.07. The molecule has 1 rings (SSSR count). The fraction of sp³-hybridized carbons (Fsp3) is 0.400. The number of benzene rings is 1. The Morgan fingerprint density at radius 2 is 1.93 bits per heavy atom. The van der Waals surface area contributed by atoms with Crippen molar-refractivity contribution in [2.45, 2.75) is 12.8 Å². The van der Waals surface area contributed by atoms with Crippen LogP contribution in [0.2, 0.25) is 0 Å². The molecule has 5 heteroatoms. The predicted molar refractivity (Wildman–Crippen MR) is 62.7 cm³/mol. The Morgan fingerprint density at radius 3 is 2.33 bits per heavy atom. The van der Waals surface area contributed by atoms with Gasteiger partial charge in [0.1, 0.15) is 0 Å². The number of halogens is 1. The highest BCUT2D eigenvalue weighted by atomic mass is 35.5. The molecule has 0 aliphatic heterocycles. The molecule has 0 saturated heterocycles. The average Bonchev–Trinajstić information content (AvgIpc) is 2.18. The number of hydrogen-bond donors (Lipinski definition) is 1. The molecular weight excluding hydrogens is 216 g/mol. The minimum absolute atomic E-state index is 0. The molecule has 0 fully saturated rings. The number of nitrogens with zero attached hydrogens (tertiary/aromatic N) is 1. The zero-order valence-electron chi connectivity index (χ0n) is 8.77. The molecule has 84 valence electrons. The van der Waals surface area contributed by atoms with E-state index in [2.05, 4.69) is 12.2 Å². The van der Waals surface area contributed by atoms with E-state index >= 15 is 0 Å². The molecule has 0 saturated carbocycles. The van der Waals surface area contributed by atoms with Crippen LogP contribution < -0.4 is 5.32 Å². The lowest BCUT2D eigenvalue weighted by atomic mass is 10.0. The maximum atomic E-state index is 10.4. The van der Waals surface area contributed by atoms with E-state index in [1.807, 2.05) is 7.05 Å². The van der Waals surface area contributed by atoms with Gasteiger partial charge in [-0.05, 0) is 18.5 Å². The van der Waals surface area contributed by atoms with Crippen LogP contribution in [0.1, 0.15) is 18.4 Å². The van der Waals surface area contributed by atoms with Gasteiger partial charge < -0.3 is 5.32 Å². The first-order chi connectivity index (χ1) is 6.65. The van der Waals surface area contributed by atoms with Gasteiger partial charge in [0.25, 0.3) is 5.69 Å². The zero-order valence-corrected chi connectivity index (χ0v) is 9.58. The molecular formula is C10H15ClN2O2. The van der Waals surface area contributed by atoms with Gasteiger partial charge in [-0.25, -0.2) is 0 Å². The molecule has 4 nitrogen and oxygen atoms in total. The molecule has 1 atom stereocenters. The summed E-state index contributed by atoms with van der Waals surface area (Å²) in [4.78, 5) is 10.0. The average molecular weight is 231 g/mol. The third kappa shape index (κ3) is 3.85. The summed E-state index contributed by atoms with van der Waals surface area (Å²) >= 11 is 0. The van der Waals surface area contributed by atoms with Gasteiger partial charge in [-0.1, -0.05) is 19.1 Å². The molecule has 15 heavy (non-hydrogen) atoms. The van der Waals surface area contributed by atoms with Crippen LogP contribution in [0.25, 0.3) is 0 Å². The molecule has 1 N–H and O–H groups in total. The second kappa shape index (κ2) is 6.37. The summed E-state index contributed by atoms with van der Waals surface area (Å²) in [5.74, 6) is 0.376. The van der Waals surface area contributed by atoms with Gasteiger partial charge in [0.15, 0.2) is 0 Å². The SMILES string of the molecule is CNCC(C)c1ccc([N+](=O)[O-])cc1.Cl. The highest BCUT2D eigenvalue weighted by molar-refractivity contribution is 5.85. The number of nitro benzene ring substituents is 1. The second-order valence-corrected chi connectivity index (χ2v) is 3.31. The van der Waals surface area contributed by atoms with Gasteiger partial charge in [0, 0.05) is 18.7 Å². The van der Waals surface area contributed by atoms with E-state index in [9.17, 15) is 10.1 Å². The monoisotopic (exact) mass is 230 g/mol. The van der Waals surface area contributed by atoms with Crippen molar-refractivity contribution in [1.29, 1.82) is 0 Å². The van der Waals surface area contributed by atoms with Crippen LogP contribution in [0, 0.1) is 10.1 Å². The molecule has 0 bridgehead atoms. The minimum Gasteiger partial charge on any atom is -0.319 e. The lowest BCUT2D eigenvalue weighted by molar-refractivity contribution is -0.384. The summed E-state index contributed by atoms with van der Waals surface area (Å²) in [5, 5.41) is 13.5. The fourth-order valence-corrected chi connectivity index (χ4v) is 1.35. The first kappa shape index (κ1) is 13.9. The van der Waals surface area contributed by atoms with Crippen molar-refractivity contribution in [2.24, 2.45) is 0 Å². The van der Waals surface area contributed by atoms with Crippen molar-refractivity contribution >= 4 is 18.1 Å². The van der Waals surface area contributed by atoms with Crippen LogP contribution in [-0.2, 0) is 0 Å². The highest BCUT2D eigenvalue weighted by Crippen LogP contribution is 2.18. The largest absolute Gasteiger partial charge is 0.319 e.